The van der Waals surface area contributed by atoms with E-state index in [1.54, 1.807) is 0 Å². The highest BCUT2D eigenvalue weighted by molar-refractivity contribution is 5.20. The summed E-state index contributed by atoms with van der Waals surface area (Å²) in [7, 11) is 0. The van der Waals surface area contributed by atoms with Gasteiger partial charge in [-0.05, 0) is 56.3 Å². The lowest BCUT2D eigenvalue weighted by atomic mass is 9.84. The topological polar surface area (TPSA) is 21.3 Å². The van der Waals surface area contributed by atoms with Crippen molar-refractivity contribution in [3.05, 3.63) is 30.3 Å². The zero-order chi connectivity index (χ0) is 14.0. The lowest BCUT2D eigenvalue weighted by Crippen LogP contribution is -2.23. The van der Waals surface area contributed by atoms with E-state index in [-0.39, 0.29) is 0 Å². The van der Waals surface area contributed by atoms with Gasteiger partial charge in [0.1, 0.15) is 5.75 Å². The van der Waals surface area contributed by atoms with Crippen molar-refractivity contribution in [2.45, 2.75) is 46.5 Å². The number of hydrogen-bond acceptors (Lipinski definition) is 2. The Kier molecular flexibility index (Phi) is 7.57. The third kappa shape index (κ3) is 7.89. The predicted molar refractivity (Wildman–Crippen MR) is 82.7 cm³/mol. The highest BCUT2D eigenvalue weighted by Gasteiger charge is 2.16. The van der Waals surface area contributed by atoms with Crippen molar-refractivity contribution in [2.75, 3.05) is 19.7 Å². The fraction of sp³-hybridized carbons (Fsp3) is 0.647. The van der Waals surface area contributed by atoms with E-state index in [1.165, 1.54) is 19.3 Å². The molecule has 0 aliphatic rings. The first-order valence-corrected chi connectivity index (χ1v) is 7.52. The van der Waals surface area contributed by atoms with Crippen molar-refractivity contribution >= 4 is 0 Å². The van der Waals surface area contributed by atoms with Crippen molar-refractivity contribution in [2.24, 2.45) is 5.41 Å². The van der Waals surface area contributed by atoms with E-state index in [2.05, 4.69) is 26.1 Å². The minimum atomic E-state index is 0.404. The Balaban J connectivity index is 2.10. The van der Waals surface area contributed by atoms with Crippen LogP contribution in [0.25, 0.3) is 0 Å². The van der Waals surface area contributed by atoms with Gasteiger partial charge in [-0.15, -0.1) is 0 Å². The summed E-state index contributed by atoms with van der Waals surface area (Å²) in [5, 5.41) is 3.48. The highest BCUT2D eigenvalue weighted by atomic mass is 16.5. The molecule has 0 saturated heterocycles. The van der Waals surface area contributed by atoms with Gasteiger partial charge in [-0.25, -0.2) is 0 Å². The van der Waals surface area contributed by atoms with Gasteiger partial charge in [-0.3, -0.25) is 0 Å². The fourth-order valence-electron chi connectivity index (χ4n) is 2.11. The van der Waals surface area contributed by atoms with E-state index in [9.17, 15) is 0 Å². The maximum atomic E-state index is 5.73. The molecule has 19 heavy (non-hydrogen) atoms. The van der Waals surface area contributed by atoms with Gasteiger partial charge in [-0.2, -0.15) is 0 Å². The van der Waals surface area contributed by atoms with Crippen LogP contribution in [0, 0.1) is 5.41 Å². The normalized spacial score (nSPS) is 11.5. The van der Waals surface area contributed by atoms with Gasteiger partial charge < -0.3 is 10.1 Å². The molecule has 0 unspecified atom stereocenters. The van der Waals surface area contributed by atoms with Crippen LogP contribution in [0.15, 0.2) is 30.3 Å². The molecule has 0 atom stereocenters. The molecule has 2 heteroatoms. The van der Waals surface area contributed by atoms with E-state index in [1.807, 2.05) is 30.3 Å². The molecular weight excluding hydrogens is 234 g/mol. The molecule has 0 saturated carbocycles. The number of benzene rings is 1. The average Bonchev–Trinajstić information content (AvgIpc) is 2.41. The molecule has 2 nitrogen and oxygen atoms in total. The van der Waals surface area contributed by atoms with Crippen LogP contribution in [0.2, 0.25) is 0 Å². The molecule has 1 aromatic carbocycles. The average molecular weight is 263 g/mol. The Labute approximate surface area is 118 Å². The van der Waals surface area contributed by atoms with Crippen molar-refractivity contribution in [1.82, 2.24) is 5.32 Å². The monoisotopic (exact) mass is 263 g/mol. The number of rotatable bonds is 10. The van der Waals surface area contributed by atoms with Crippen LogP contribution >= 0.6 is 0 Å². The van der Waals surface area contributed by atoms with E-state index in [4.69, 9.17) is 4.74 Å². The highest BCUT2D eigenvalue weighted by Crippen LogP contribution is 2.26. The summed E-state index contributed by atoms with van der Waals surface area (Å²) in [6, 6.07) is 10.1. The maximum Gasteiger partial charge on any atom is 0.119 e. The molecule has 0 bridgehead atoms. The smallest absolute Gasteiger partial charge is 0.119 e. The molecule has 0 heterocycles. The largest absolute Gasteiger partial charge is 0.494 e. The molecule has 1 aromatic rings. The summed E-state index contributed by atoms with van der Waals surface area (Å²) in [6.45, 7) is 9.98. The van der Waals surface area contributed by atoms with Gasteiger partial charge in [0.05, 0.1) is 6.61 Å². The second kappa shape index (κ2) is 8.98. The van der Waals surface area contributed by atoms with Crippen LogP contribution < -0.4 is 10.1 Å². The van der Waals surface area contributed by atoms with Gasteiger partial charge in [0.2, 0.25) is 0 Å². The molecule has 1 N–H and O–H groups in total. The lowest BCUT2D eigenvalue weighted by Gasteiger charge is -2.24. The fourth-order valence-corrected chi connectivity index (χ4v) is 2.11. The van der Waals surface area contributed by atoms with E-state index < -0.39 is 0 Å². The second-order valence-corrected chi connectivity index (χ2v) is 5.93. The summed E-state index contributed by atoms with van der Waals surface area (Å²) < 4.78 is 5.73. The standard InChI is InChI=1S/C17H29NO/c1-4-13-18-14-12-17(2,3)11-8-15-19-16-9-6-5-7-10-16/h5-7,9-10,18H,4,8,11-15H2,1-3H3. The van der Waals surface area contributed by atoms with Crippen molar-refractivity contribution in [1.29, 1.82) is 0 Å². The summed E-state index contributed by atoms with van der Waals surface area (Å²) in [4.78, 5) is 0. The predicted octanol–water partition coefficient (Wildman–Crippen LogP) is 4.26. The SMILES string of the molecule is CCCNCCC(C)(C)CCCOc1ccccc1. The zero-order valence-electron chi connectivity index (χ0n) is 12.7. The van der Waals surface area contributed by atoms with Crippen molar-refractivity contribution < 1.29 is 4.74 Å². The Morgan fingerprint density at radius 3 is 2.47 bits per heavy atom. The molecule has 0 radical (unpaired) electrons. The molecule has 0 aromatic heterocycles. The molecule has 0 amide bonds. The summed E-state index contributed by atoms with van der Waals surface area (Å²) >= 11 is 0. The molecule has 0 spiro atoms. The van der Waals surface area contributed by atoms with Gasteiger partial charge in [0.15, 0.2) is 0 Å². The second-order valence-electron chi connectivity index (χ2n) is 5.93. The summed E-state index contributed by atoms with van der Waals surface area (Å²) in [6.07, 6.45) is 4.78. The molecular formula is C17H29NO. The number of para-hydroxylation sites is 1. The van der Waals surface area contributed by atoms with Crippen LogP contribution in [0.1, 0.15) is 46.5 Å². The Morgan fingerprint density at radius 2 is 1.79 bits per heavy atom. The number of ether oxygens (including phenoxy) is 1. The quantitative estimate of drug-likeness (QED) is 0.637. The number of nitrogens with one attached hydrogen (secondary N) is 1. The van der Waals surface area contributed by atoms with Crippen LogP contribution in [-0.4, -0.2) is 19.7 Å². The third-order valence-corrected chi connectivity index (χ3v) is 3.42. The zero-order valence-corrected chi connectivity index (χ0v) is 12.7. The first kappa shape index (κ1) is 16.0. The number of hydrogen-bond donors (Lipinski definition) is 1. The Morgan fingerprint density at radius 1 is 1.05 bits per heavy atom. The first-order valence-electron chi connectivity index (χ1n) is 7.52. The van der Waals surface area contributed by atoms with Crippen LogP contribution in [0.5, 0.6) is 5.75 Å². The maximum absolute atomic E-state index is 5.73. The van der Waals surface area contributed by atoms with Crippen LogP contribution in [-0.2, 0) is 0 Å². The van der Waals surface area contributed by atoms with Gasteiger partial charge >= 0.3 is 0 Å². The third-order valence-electron chi connectivity index (χ3n) is 3.42. The van der Waals surface area contributed by atoms with Gasteiger partial charge in [-0.1, -0.05) is 39.0 Å². The molecule has 0 fully saturated rings. The van der Waals surface area contributed by atoms with Crippen LogP contribution in [0.3, 0.4) is 0 Å². The van der Waals surface area contributed by atoms with E-state index in [0.717, 1.165) is 31.9 Å². The van der Waals surface area contributed by atoms with Crippen molar-refractivity contribution in [3.63, 3.8) is 0 Å². The van der Waals surface area contributed by atoms with Gasteiger partial charge in [0, 0.05) is 0 Å². The minimum Gasteiger partial charge on any atom is -0.494 e. The first-order chi connectivity index (χ1) is 9.14. The van der Waals surface area contributed by atoms with E-state index in [0.29, 0.717) is 5.41 Å². The van der Waals surface area contributed by atoms with Crippen molar-refractivity contribution in [3.8, 4) is 5.75 Å². The summed E-state index contributed by atoms with van der Waals surface area (Å²) in [5.41, 5.74) is 0.404. The lowest BCUT2D eigenvalue weighted by molar-refractivity contribution is 0.244. The van der Waals surface area contributed by atoms with Gasteiger partial charge in [0.25, 0.3) is 0 Å². The molecule has 0 aliphatic carbocycles. The Hall–Kier alpha value is -1.02. The molecule has 108 valence electrons. The van der Waals surface area contributed by atoms with E-state index >= 15 is 0 Å². The Bertz CT molecular complexity index is 321. The molecule has 1 rings (SSSR count). The molecule has 0 aliphatic heterocycles. The minimum absolute atomic E-state index is 0.404. The van der Waals surface area contributed by atoms with Crippen LogP contribution in [0.4, 0.5) is 0 Å². The summed E-state index contributed by atoms with van der Waals surface area (Å²) in [5.74, 6) is 0.977.